The zero-order valence-corrected chi connectivity index (χ0v) is 16.9. The van der Waals surface area contributed by atoms with E-state index in [-0.39, 0.29) is 5.91 Å². The molecule has 0 bridgehead atoms. The molecule has 5 heteroatoms. The fourth-order valence-electron chi connectivity index (χ4n) is 3.33. The number of aliphatic imine (C=N–C) groups is 1. The Labute approximate surface area is 168 Å². The molecular weight excluding hydrogens is 348 g/mol. The highest BCUT2D eigenvalue weighted by molar-refractivity contribution is 5.94. The van der Waals surface area contributed by atoms with Crippen LogP contribution in [0.3, 0.4) is 0 Å². The third-order valence-electron chi connectivity index (χ3n) is 4.97. The Hall–Kier alpha value is -2.82. The van der Waals surface area contributed by atoms with Gasteiger partial charge in [0.2, 0.25) is 0 Å². The van der Waals surface area contributed by atoms with Crippen LogP contribution in [0, 0.1) is 0 Å². The van der Waals surface area contributed by atoms with Gasteiger partial charge in [-0.2, -0.15) is 0 Å². The van der Waals surface area contributed by atoms with Gasteiger partial charge < -0.3 is 15.1 Å². The first-order valence-electron chi connectivity index (χ1n) is 10.0. The van der Waals surface area contributed by atoms with Crippen molar-refractivity contribution in [2.45, 2.75) is 32.4 Å². The van der Waals surface area contributed by atoms with E-state index in [9.17, 15) is 4.79 Å². The molecule has 0 spiro atoms. The third-order valence-corrected chi connectivity index (χ3v) is 4.97. The molecule has 1 saturated heterocycles. The molecule has 0 unspecified atom stereocenters. The minimum absolute atomic E-state index is 0.151. The number of rotatable bonds is 5. The first-order chi connectivity index (χ1) is 13.6. The van der Waals surface area contributed by atoms with Crippen molar-refractivity contribution >= 4 is 11.9 Å². The molecule has 1 fully saturated rings. The van der Waals surface area contributed by atoms with Crippen LogP contribution in [-0.2, 0) is 13.1 Å². The molecule has 0 atom stereocenters. The first-order valence-corrected chi connectivity index (χ1v) is 10.0. The molecule has 1 aliphatic rings. The summed E-state index contributed by atoms with van der Waals surface area (Å²) in [5.41, 5.74) is 3.09. The van der Waals surface area contributed by atoms with Crippen molar-refractivity contribution in [1.29, 1.82) is 0 Å². The summed E-state index contributed by atoms with van der Waals surface area (Å²) in [6, 6.07) is 18.1. The number of likely N-dealkylation sites (tertiary alicyclic amines) is 1. The van der Waals surface area contributed by atoms with E-state index in [0.717, 1.165) is 43.0 Å². The van der Waals surface area contributed by atoms with Crippen LogP contribution in [0.4, 0.5) is 0 Å². The van der Waals surface area contributed by atoms with Gasteiger partial charge in [-0.15, -0.1) is 0 Å². The fraction of sp³-hybridized carbons (Fsp3) is 0.391. The van der Waals surface area contributed by atoms with E-state index in [4.69, 9.17) is 0 Å². The number of amides is 1. The van der Waals surface area contributed by atoms with Gasteiger partial charge in [-0.1, -0.05) is 42.5 Å². The standard InChI is InChI=1S/C23H30N4O/c1-26(2)23(24-17-19-9-5-3-6-10-19)25-18-20-11-13-21(14-12-20)22(28)27-15-7-4-8-16-27/h3,5-6,9-14H,4,7-8,15-18H2,1-2H3,(H,24,25). The summed E-state index contributed by atoms with van der Waals surface area (Å²) in [6.07, 6.45) is 3.46. The molecular formula is C23H30N4O. The minimum atomic E-state index is 0.151. The summed E-state index contributed by atoms with van der Waals surface area (Å²) in [6.45, 7) is 3.08. The molecule has 5 nitrogen and oxygen atoms in total. The number of hydrogen-bond donors (Lipinski definition) is 1. The highest BCUT2D eigenvalue weighted by Crippen LogP contribution is 2.14. The largest absolute Gasteiger partial charge is 0.352 e. The number of nitrogens with one attached hydrogen (secondary N) is 1. The molecule has 2 aromatic carbocycles. The van der Waals surface area contributed by atoms with Crippen molar-refractivity contribution in [2.75, 3.05) is 27.2 Å². The zero-order chi connectivity index (χ0) is 19.8. The molecule has 1 amide bonds. The summed E-state index contributed by atoms with van der Waals surface area (Å²) < 4.78 is 0. The van der Waals surface area contributed by atoms with Gasteiger partial charge in [0.05, 0.1) is 6.54 Å². The van der Waals surface area contributed by atoms with Crippen LogP contribution in [0.2, 0.25) is 0 Å². The van der Waals surface area contributed by atoms with Crippen molar-refractivity contribution in [2.24, 2.45) is 4.99 Å². The molecule has 2 aromatic rings. The summed E-state index contributed by atoms with van der Waals surface area (Å²) >= 11 is 0. The van der Waals surface area contributed by atoms with Crippen LogP contribution in [0.1, 0.15) is 40.7 Å². The first kappa shape index (κ1) is 19.9. The molecule has 0 saturated carbocycles. The number of guanidine groups is 1. The van der Waals surface area contributed by atoms with Gasteiger partial charge in [0.1, 0.15) is 0 Å². The van der Waals surface area contributed by atoms with E-state index in [1.807, 2.05) is 66.4 Å². The summed E-state index contributed by atoms with van der Waals surface area (Å²) in [5.74, 6) is 0.995. The van der Waals surface area contributed by atoms with Gasteiger partial charge in [0.25, 0.3) is 5.91 Å². The van der Waals surface area contributed by atoms with Gasteiger partial charge in [0, 0.05) is 39.3 Å². The second kappa shape index (κ2) is 9.93. The highest BCUT2D eigenvalue weighted by Gasteiger charge is 2.17. The Bertz CT molecular complexity index is 778. The van der Waals surface area contributed by atoms with E-state index < -0.39 is 0 Å². The average Bonchev–Trinajstić information content (AvgIpc) is 2.75. The Morgan fingerprint density at radius 3 is 2.29 bits per heavy atom. The number of piperidine rings is 1. The molecule has 0 radical (unpaired) electrons. The molecule has 0 aromatic heterocycles. The third kappa shape index (κ3) is 5.59. The van der Waals surface area contributed by atoms with E-state index >= 15 is 0 Å². The summed E-state index contributed by atoms with van der Waals surface area (Å²) in [5, 5.41) is 3.40. The Morgan fingerprint density at radius 2 is 1.64 bits per heavy atom. The van der Waals surface area contributed by atoms with E-state index in [2.05, 4.69) is 22.4 Å². The Morgan fingerprint density at radius 1 is 0.964 bits per heavy atom. The molecule has 0 aliphatic carbocycles. The van der Waals surface area contributed by atoms with Crippen LogP contribution in [-0.4, -0.2) is 48.9 Å². The van der Waals surface area contributed by atoms with Crippen molar-refractivity contribution < 1.29 is 4.79 Å². The fourth-order valence-corrected chi connectivity index (χ4v) is 3.33. The summed E-state index contributed by atoms with van der Waals surface area (Å²) in [7, 11) is 3.97. The van der Waals surface area contributed by atoms with Gasteiger partial charge in [0.15, 0.2) is 5.96 Å². The second-order valence-corrected chi connectivity index (χ2v) is 7.42. The minimum Gasteiger partial charge on any atom is -0.352 e. The molecule has 1 heterocycles. The molecule has 148 valence electrons. The van der Waals surface area contributed by atoms with Crippen molar-refractivity contribution in [1.82, 2.24) is 15.1 Å². The van der Waals surface area contributed by atoms with Crippen molar-refractivity contribution in [3.63, 3.8) is 0 Å². The lowest BCUT2D eigenvalue weighted by Gasteiger charge is -2.26. The normalized spacial score (nSPS) is 14.6. The van der Waals surface area contributed by atoms with Crippen LogP contribution >= 0.6 is 0 Å². The SMILES string of the molecule is CN(C)C(=NCc1ccccc1)NCc1ccc(C(=O)N2CCCCC2)cc1. The molecule has 1 N–H and O–H groups in total. The predicted molar refractivity (Wildman–Crippen MR) is 114 cm³/mol. The second-order valence-electron chi connectivity index (χ2n) is 7.42. The summed E-state index contributed by atoms with van der Waals surface area (Å²) in [4.78, 5) is 21.2. The number of carbonyl (C=O) groups is 1. The number of hydrogen-bond acceptors (Lipinski definition) is 2. The quantitative estimate of drug-likeness (QED) is 0.640. The predicted octanol–water partition coefficient (Wildman–Crippen LogP) is 3.52. The molecule has 1 aliphatic heterocycles. The average molecular weight is 379 g/mol. The van der Waals surface area contributed by atoms with Crippen molar-refractivity contribution in [3.05, 3.63) is 71.3 Å². The van der Waals surface area contributed by atoms with Gasteiger partial charge in [-0.25, -0.2) is 4.99 Å². The van der Waals surface area contributed by atoms with E-state index in [1.54, 1.807) is 0 Å². The lowest BCUT2D eigenvalue weighted by atomic mass is 10.1. The molecule has 28 heavy (non-hydrogen) atoms. The van der Waals surface area contributed by atoms with Crippen LogP contribution in [0.25, 0.3) is 0 Å². The number of carbonyl (C=O) groups excluding carboxylic acids is 1. The maximum atomic E-state index is 12.6. The monoisotopic (exact) mass is 378 g/mol. The zero-order valence-electron chi connectivity index (χ0n) is 16.9. The Balaban J connectivity index is 1.57. The van der Waals surface area contributed by atoms with Gasteiger partial charge in [-0.3, -0.25) is 4.79 Å². The molecule has 3 rings (SSSR count). The lowest BCUT2D eigenvalue weighted by Crippen LogP contribution is -2.36. The Kier molecular flexibility index (Phi) is 7.06. The number of benzene rings is 2. The highest BCUT2D eigenvalue weighted by atomic mass is 16.2. The van der Waals surface area contributed by atoms with Gasteiger partial charge >= 0.3 is 0 Å². The number of nitrogens with zero attached hydrogens (tertiary/aromatic N) is 3. The van der Waals surface area contributed by atoms with Crippen LogP contribution < -0.4 is 5.32 Å². The lowest BCUT2D eigenvalue weighted by molar-refractivity contribution is 0.0724. The van der Waals surface area contributed by atoms with Crippen LogP contribution in [0.5, 0.6) is 0 Å². The van der Waals surface area contributed by atoms with E-state index in [1.165, 1.54) is 12.0 Å². The van der Waals surface area contributed by atoms with Gasteiger partial charge in [-0.05, 0) is 42.5 Å². The smallest absolute Gasteiger partial charge is 0.253 e. The topological polar surface area (TPSA) is 47.9 Å². The van der Waals surface area contributed by atoms with Crippen molar-refractivity contribution in [3.8, 4) is 0 Å². The maximum Gasteiger partial charge on any atom is 0.253 e. The van der Waals surface area contributed by atoms with E-state index in [0.29, 0.717) is 13.1 Å². The van der Waals surface area contributed by atoms with Crippen LogP contribution in [0.15, 0.2) is 59.6 Å². The maximum absolute atomic E-state index is 12.6.